The van der Waals surface area contributed by atoms with Gasteiger partial charge in [-0.25, -0.2) is 9.78 Å². The molecular formula is C12H7BrCl2N2O2. The molecule has 2 rings (SSSR count). The summed E-state index contributed by atoms with van der Waals surface area (Å²) in [5, 5.41) is 12.6. The molecule has 0 atom stereocenters. The fourth-order valence-corrected chi connectivity index (χ4v) is 2.40. The van der Waals surface area contributed by atoms with Gasteiger partial charge in [-0.3, -0.25) is 0 Å². The summed E-state index contributed by atoms with van der Waals surface area (Å²) in [5.41, 5.74) is 0.767. The zero-order valence-corrected chi connectivity index (χ0v) is 12.4. The van der Waals surface area contributed by atoms with Gasteiger partial charge in [0, 0.05) is 9.50 Å². The van der Waals surface area contributed by atoms with Crippen molar-refractivity contribution in [1.82, 2.24) is 4.98 Å². The smallest absolute Gasteiger partial charge is 0.335 e. The number of anilines is 2. The summed E-state index contributed by atoms with van der Waals surface area (Å²) >= 11 is 15.0. The minimum absolute atomic E-state index is 0.0626. The van der Waals surface area contributed by atoms with E-state index in [1.807, 2.05) is 0 Å². The van der Waals surface area contributed by atoms with E-state index in [0.29, 0.717) is 16.5 Å². The molecule has 1 aromatic carbocycles. The normalized spacial score (nSPS) is 10.3. The average Bonchev–Trinajstić information content (AvgIpc) is 2.32. The molecule has 0 radical (unpaired) electrons. The quantitative estimate of drug-likeness (QED) is 0.784. The number of halogens is 3. The molecule has 0 saturated carbocycles. The molecule has 19 heavy (non-hydrogen) atoms. The Kier molecular flexibility index (Phi) is 4.29. The van der Waals surface area contributed by atoms with Gasteiger partial charge in [0.05, 0.1) is 11.3 Å². The third-order valence-corrected chi connectivity index (χ3v) is 3.32. The Balaban J connectivity index is 2.35. The maximum absolute atomic E-state index is 10.9. The third-order valence-electron chi connectivity index (χ3n) is 2.23. The highest BCUT2D eigenvalue weighted by Gasteiger charge is 2.09. The Morgan fingerprint density at radius 1 is 1.26 bits per heavy atom. The predicted molar refractivity (Wildman–Crippen MR) is 78.6 cm³/mol. The van der Waals surface area contributed by atoms with Crippen LogP contribution < -0.4 is 5.32 Å². The van der Waals surface area contributed by atoms with Gasteiger partial charge in [0.2, 0.25) is 0 Å². The van der Waals surface area contributed by atoms with Crippen LogP contribution in [0.2, 0.25) is 10.2 Å². The Labute approximate surface area is 127 Å². The van der Waals surface area contributed by atoms with E-state index in [0.717, 1.165) is 4.47 Å². The topological polar surface area (TPSA) is 62.2 Å². The number of aromatic nitrogens is 1. The first-order valence-electron chi connectivity index (χ1n) is 5.08. The lowest BCUT2D eigenvalue weighted by molar-refractivity contribution is 0.0697. The number of pyridine rings is 1. The first-order chi connectivity index (χ1) is 8.95. The minimum atomic E-state index is -1.07. The Morgan fingerprint density at radius 2 is 2.00 bits per heavy atom. The number of nitrogens with zero attached hydrogens (tertiary/aromatic N) is 1. The van der Waals surface area contributed by atoms with Crippen LogP contribution >= 0.6 is 39.1 Å². The summed E-state index contributed by atoms with van der Waals surface area (Å²) in [6.07, 6.45) is 0. The molecule has 0 unspecified atom stereocenters. The zero-order valence-electron chi connectivity index (χ0n) is 9.32. The molecule has 7 heteroatoms. The maximum atomic E-state index is 10.9. The van der Waals surface area contributed by atoms with Gasteiger partial charge >= 0.3 is 5.97 Å². The van der Waals surface area contributed by atoms with Gasteiger partial charge in [-0.05, 0) is 46.3 Å². The number of aromatic carboxylic acids is 1. The number of rotatable bonds is 3. The zero-order chi connectivity index (χ0) is 14.0. The van der Waals surface area contributed by atoms with Crippen molar-refractivity contribution in [3.63, 3.8) is 0 Å². The second-order valence-electron chi connectivity index (χ2n) is 3.62. The molecule has 0 saturated heterocycles. The van der Waals surface area contributed by atoms with E-state index in [-0.39, 0.29) is 10.7 Å². The van der Waals surface area contributed by atoms with E-state index in [2.05, 4.69) is 26.2 Å². The van der Waals surface area contributed by atoms with Gasteiger partial charge in [-0.2, -0.15) is 0 Å². The van der Waals surface area contributed by atoms with Crippen molar-refractivity contribution in [2.24, 2.45) is 0 Å². The second-order valence-corrected chi connectivity index (χ2v) is 5.30. The molecular weight excluding hydrogens is 355 g/mol. The fraction of sp³-hybridized carbons (Fsp3) is 0. The van der Waals surface area contributed by atoms with Crippen molar-refractivity contribution in [2.45, 2.75) is 0 Å². The third kappa shape index (κ3) is 3.59. The number of carboxylic acid groups (broad SMARTS) is 1. The molecule has 0 bridgehead atoms. The molecule has 4 nitrogen and oxygen atoms in total. The summed E-state index contributed by atoms with van der Waals surface area (Å²) < 4.78 is 0.735. The average molecular weight is 362 g/mol. The highest BCUT2D eigenvalue weighted by Crippen LogP contribution is 2.28. The molecule has 0 fully saturated rings. The molecule has 0 aliphatic carbocycles. The molecule has 2 aromatic rings. The van der Waals surface area contributed by atoms with Crippen LogP contribution in [0.25, 0.3) is 0 Å². The van der Waals surface area contributed by atoms with Gasteiger partial charge in [0.1, 0.15) is 11.0 Å². The lowest BCUT2D eigenvalue weighted by atomic mass is 10.2. The van der Waals surface area contributed by atoms with E-state index in [9.17, 15) is 4.79 Å². The van der Waals surface area contributed by atoms with E-state index in [1.54, 1.807) is 18.2 Å². The van der Waals surface area contributed by atoms with Crippen LogP contribution in [0.5, 0.6) is 0 Å². The summed E-state index contributed by atoms with van der Waals surface area (Å²) in [5.74, 6) is -0.726. The predicted octanol–water partition coefficient (Wildman–Crippen LogP) is 4.59. The van der Waals surface area contributed by atoms with Crippen LogP contribution in [0.15, 0.2) is 34.8 Å². The largest absolute Gasteiger partial charge is 0.478 e. The lowest BCUT2D eigenvalue weighted by Gasteiger charge is -2.09. The van der Waals surface area contributed by atoms with Crippen molar-refractivity contribution in [2.75, 3.05) is 5.32 Å². The van der Waals surface area contributed by atoms with Crippen molar-refractivity contribution in [3.8, 4) is 0 Å². The van der Waals surface area contributed by atoms with Gasteiger partial charge in [-0.1, -0.05) is 23.2 Å². The lowest BCUT2D eigenvalue weighted by Crippen LogP contribution is -2.01. The van der Waals surface area contributed by atoms with Crippen molar-refractivity contribution < 1.29 is 9.90 Å². The van der Waals surface area contributed by atoms with Gasteiger partial charge in [-0.15, -0.1) is 0 Å². The van der Waals surface area contributed by atoms with Crippen LogP contribution in [0.3, 0.4) is 0 Å². The summed E-state index contributed by atoms with van der Waals surface area (Å²) in [6, 6.07) is 7.85. The molecule has 0 amide bonds. The number of carbonyl (C=O) groups is 1. The molecule has 1 aromatic heterocycles. The van der Waals surface area contributed by atoms with Crippen LogP contribution in [0.1, 0.15) is 10.4 Å². The number of hydrogen-bond acceptors (Lipinski definition) is 3. The van der Waals surface area contributed by atoms with E-state index >= 15 is 0 Å². The molecule has 0 spiro atoms. The number of benzene rings is 1. The van der Waals surface area contributed by atoms with E-state index in [4.69, 9.17) is 28.3 Å². The molecule has 2 N–H and O–H groups in total. The van der Waals surface area contributed by atoms with Crippen molar-refractivity contribution in [3.05, 3.63) is 50.5 Å². The van der Waals surface area contributed by atoms with E-state index in [1.165, 1.54) is 12.1 Å². The van der Waals surface area contributed by atoms with Crippen molar-refractivity contribution in [1.29, 1.82) is 0 Å². The number of nitrogens with one attached hydrogen (secondary N) is 1. The standard InChI is InChI=1S/C12H7BrCl2N2O2/c13-8-5-7(14)1-2-9(8)16-11-4-6(12(18)19)3-10(15)17-11/h1-5H,(H,16,17)(H,18,19). The minimum Gasteiger partial charge on any atom is -0.478 e. The summed E-state index contributed by atoms with van der Waals surface area (Å²) in [4.78, 5) is 14.9. The highest BCUT2D eigenvalue weighted by molar-refractivity contribution is 9.10. The van der Waals surface area contributed by atoms with Gasteiger partial charge < -0.3 is 10.4 Å². The summed E-state index contributed by atoms with van der Waals surface area (Å²) in [7, 11) is 0. The van der Waals surface area contributed by atoms with Crippen LogP contribution in [0.4, 0.5) is 11.5 Å². The SMILES string of the molecule is O=C(O)c1cc(Cl)nc(Nc2ccc(Cl)cc2Br)c1. The summed E-state index contributed by atoms with van der Waals surface area (Å²) in [6.45, 7) is 0. The number of hydrogen-bond donors (Lipinski definition) is 2. The fourth-order valence-electron chi connectivity index (χ4n) is 1.41. The van der Waals surface area contributed by atoms with Crippen LogP contribution in [-0.2, 0) is 0 Å². The molecule has 0 aliphatic heterocycles. The van der Waals surface area contributed by atoms with Gasteiger partial charge in [0.25, 0.3) is 0 Å². The Hall–Kier alpha value is -1.30. The first kappa shape index (κ1) is 14.1. The Bertz CT molecular complexity index is 650. The molecule has 1 heterocycles. The first-order valence-corrected chi connectivity index (χ1v) is 6.63. The highest BCUT2D eigenvalue weighted by atomic mass is 79.9. The maximum Gasteiger partial charge on any atom is 0.335 e. The van der Waals surface area contributed by atoms with Gasteiger partial charge in [0.15, 0.2) is 0 Å². The number of carboxylic acids is 1. The second kappa shape index (κ2) is 5.77. The van der Waals surface area contributed by atoms with Crippen LogP contribution in [0, 0.1) is 0 Å². The van der Waals surface area contributed by atoms with Crippen molar-refractivity contribution >= 4 is 56.6 Å². The van der Waals surface area contributed by atoms with E-state index < -0.39 is 5.97 Å². The molecule has 98 valence electrons. The van der Waals surface area contributed by atoms with Crippen LogP contribution in [-0.4, -0.2) is 16.1 Å². The molecule has 0 aliphatic rings. The monoisotopic (exact) mass is 360 g/mol. The Morgan fingerprint density at radius 3 is 2.63 bits per heavy atom.